The van der Waals surface area contributed by atoms with Gasteiger partial charge in [0, 0.05) is 55.4 Å². The van der Waals surface area contributed by atoms with Crippen LogP contribution in [0.4, 0.5) is 16.2 Å². The van der Waals surface area contributed by atoms with Gasteiger partial charge in [-0.2, -0.15) is 5.10 Å². The van der Waals surface area contributed by atoms with Crippen LogP contribution in [-0.2, 0) is 20.0 Å². The predicted octanol–water partition coefficient (Wildman–Crippen LogP) is 2.04. The van der Waals surface area contributed by atoms with E-state index in [9.17, 15) is 4.79 Å². The number of urea groups is 1. The molecule has 1 aromatic carbocycles. The van der Waals surface area contributed by atoms with Gasteiger partial charge in [0.05, 0.1) is 6.20 Å². The number of hydrogen-bond acceptors (Lipinski definition) is 3. The van der Waals surface area contributed by atoms with Crippen molar-refractivity contribution in [3.63, 3.8) is 0 Å². The van der Waals surface area contributed by atoms with Crippen LogP contribution >= 0.6 is 0 Å². The minimum Gasteiger partial charge on any atom is -0.374 e. The Balaban J connectivity index is 1.64. The summed E-state index contributed by atoms with van der Waals surface area (Å²) in [7, 11) is 3.96. The van der Waals surface area contributed by atoms with Crippen LogP contribution in [0.15, 0.2) is 24.4 Å². The van der Waals surface area contributed by atoms with Crippen molar-refractivity contribution in [1.29, 1.82) is 0 Å². The molecule has 0 saturated carbocycles. The molecule has 2 amide bonds. The maximum absolute atomic E-state index is 12.1. The van der Waals surface area contributed by atoms with Gasteiger partial charge in [0.25, 0.3) is 0 Å². The van der Waals surface area contributed by atoms with E-state index in [1.807, 2.05) is 26.1 Å². The van der Waals surface area contributed by atoms with Crippen LogP contribution in [0.2, 0.25) is 0 Å². The monoisotopic (exact) mass is 299 g/mol. The number of benzene rings is 1. The Kier molecular flexibility index (Phi) is 3.75. The summed E-state index contributed by atoms with van der Waals surface area (Å²) in [5.41, 5.74) is 5.37. The molecule has 1 aromatic heterocycles. The lowest BCUT2D eigenvalue weighted by atomic mass is 10.1. The predicted molar refractivity (Wildman–Crippen MR) is 87.2 cm³/mol. The van der Waals surface area contributed by atoms with Gasteiger partial charge in [-0.05, 0) is 25.5 Å². The Hall–Kier alpha value is -2.50. The Morgan fingerprint density at radius 1 is 1.36 bits per heavy atom. The number of carbonyl (C=O) groups is 1. The van der Waals surface area contributed by atoms with Crippen LogP contribution in [0, 0.1) is 6.92 Å². The van der Waals surface area contributed by atoms with Crippen molar-refractivity contribution in [3.8, 4) is 0 Å². The second-order valence-electron chi connectivity index (χ2n) is 5.66. The number of fused-ring (bicyclic) bond motifs is 1. The number of aromatic nitrogens is 2. The maximum Gasteiger partial charge on any atom is 0.319 e. The number of nitrogens with one attached hydrogen (secondary N) is 2. The minimum absolute atomic E-state index is 0.189. The van der Waals surface area contributed by atoms with E-state index in [-0.39, 0.29) is 6.03 Å². The zero-order valence-electron chi connectivity index (χ0n) is 13.2. The van der Waals surface area contributed by atoms with Gasteiger partial charge in [0.15, 0.2) is 0 Å². The van der Waals surface area contributed by atoms with E-state index in [4.69, 9.17) is 0 Å². The van der Waals surface area contributed by atoms with E-state index < -0.39 is 0 Å². The first-order valence-corrected chi connectivity index (χ1v) is 7.41. The van der Waals surface area contributed by atoms with Crippen molar-refractivity contribution in [1.82, 2.24) is 15.1 Å². The number of rotatable bonds is 3. The third kappa shape index (κ3) is 2.64. The molecular weight excluding hydrogens is 278 g/mol. The van der Waals surface area contributed by atoms with Crippen LogP contribution in [0.25, 0.3) is 0 Å². The molecular formula is C16H21N5O. The highest BCUT2D eigenvalue weighted by atomic mass is 16.2. The van der Waals surface area contributed by atoms with Crippen LogP contribution < -0.4 is 15.5 Å². The molecule has 1 aliphatic heterocycles. The number of aryl methyl sites for hydroxylation is 1. The molecule has 0 saturated heterocycles. The first-order chi connectivity index (χ1) is 10.6. The van der Waals surface area contributed by atoms with Gasteiger partial charge in [-0.15, -0.1) is 0 Å². The van der Waals surface area contributed by atoms with Crippen molar-refractivity contribution in [2.45, 2.75) is 19.9 Å². The highest BCUT2D eigenvalue weighted by molar-refractivity contribution is 5.91. The summed E-state index contributed by atoms with van der Waals surface area (Å²) in [6.07, 6.45) is 2.74. The van der Waals surface area contributed by atoms with Gasteiger partial charge >= 0.3 is 6.03 Å². The maximum atomic E-state index is 12.1. The lowest BCUT2D eigenvalue weighted by Gasteiger charge is -2.14. The number of hydrogen-bond donors (Lipinski definition) is 2. The smallest absolute Gasteiger partial charge is 0.319 e. The molecule has 2 N–H and O–H groups in total. The highest BCUT2D eigenvalue weighted by Gasteiger charge is 2.19. The summed E-state index contributed by atoms with van der Waals surface area (Å²) in [6, 6.07) is 5.82. The lowest BCUT2D eigenvalue weighted by Crippen LogP contribution is -2.28. The molecule has 6 heteroatoms. The van der Waals surface area contributed by atoms with E-state index in [1.54, 1.807) is 10.9 Å². The summed E-state index contributed by atoms with van der Waals surface area (Å²) in [5.74, 6) is 0. The van der Waals surface area contributed by atoms with Crippen LogP contribution in [-0.4, -0.2) is 29.4 Å². The van der Waals surface area contributed by atoms with Crippen molar-refractivity contribution in [2.24, 2.45) is 7.05 Å². The Morgan fingerprint density at radius 3 is 2.91 bits per heavy atom. The third-order valence-corrected chi connectivity index (χ3v) is 4.28. The molecule has 0 aliphatic carbocycles. The van der Waals surface area contributed by atoms with Crippen LogP contribution in [0.1, 0.15) is 16.8 Å². The van der Waals surface area contributed by atoms with Gasteiger partial charge in [-0.1, -0.05) is 6.07 Å². The Morgan fingerprint density at radius 2 is 2.18 bits per heavy atom. The summed E-state index contributed by atoms with van der Waals surface area (Å²) >= 11 is 0. The quantitative estimate of drug-likeness (QED) is 0.911. The molecule has 0 atom stereocenters. The number of anilines is 2. The number of nitrogens with zero attached hydrogens (tertiary/aromatic N) is 3. The molecule has 3 rings (SSSR count). The number of carbonyl (C=O) groups excluding carboxylic acids is 1. The van der Waals surface area contributed by atoms with E-state index in [0.717, 1.165) is 29.9 Å². The largest absolute Gasteiger partial charge is 0.374 e. The zero-order chi connectivity index (χ0) is 15.7. The summed E-state index contributed by atoms with van der Waals surface area (Å²) in [5, 5.41) is 10.0. The Bertz CT molecular complexity index is 707. The van der Waals surface area contributed by atoms with Gasteiger partial charge < -0.3 is 15.5 Å². The van der Waals surface area contributed by atoms with Crippen LogP contribution in [0.5, 0.6) is 0 Å². The Labute approximate surface area is 130 Å². The van der Waals surface area contributed by atoms with E-state index in [0.29, 0.717) is 6.54 Å². The van der Waals surface area contributed by atoms with Crippen LogP contribution in [0.3, 0.4) is 0 Å². The molecule has 2 aromatic rings. The van der Waals surface area contributed by atoms with Gasteiger partial charge in [-0.25, -0.2) is 4.79 Å². The molecule has 6 nitrogen and oxygen atoms in total. The average molecular weight is 299 g/mol. The molecule has 0 unspecified atom stereocenters. The summed E-state index contributed by atoms with van der Waals surface area (Å²) < 4.78 is 1.80. The zero-order valence-corrected chi connectivity index (χ0v) is 13.2. The molecule has 0 radical (unpaired) electrons. The summed E-state index contributed by atoms with van der Waals surface area (Å²) in [4.78, 5) is 14.3. The fourth-order valence-corrected chi connectivity index (χ4v) is 2.77. The minimum atomic E-state index is -0.189. The number of amides is 2. The fraction of sp³-hybridized carbons (Fsp3) is 0.375. The normalized spacial score (nSPS) is 13.1. The topological polar surface area (TPSA) is 62.2 Å². The third-order valence-electron chi connectivity index (χ3n) is 4.28. The molecule has 0 spiro atoms. The second-order valence-corrected chi connectivity index (χ2v) is 5.66. The van der Waals surface area contributed by atoms with Gasteiger partial charge in [0.2, 0.25) is 0 Å². The van der Waals surface area contributed by atoms with Gasteiger partial charge in [-0.3, -0.25) is 4.68 Å². The molecule has 22 heavy (non-hydrogen) atoms. The molecule has 2 heterocycles. The van der Waals surface area contributed by atoms with E-state index in [2.05, 4.69) is 33.7 Å². The molecule has 116 valence electrons. The van der Waals surface area contributed by atoms with Crippen molar-refractivity contribution in [3.05, 3.63) is 41.2 Å². The van der Waals surface area contributed by atoms with E-state index >= 15 is 0 Å². The van der Waals surface area contributed by atoms with Crippen molar-refractivity contribution < 1.29 is 4.79 Å². The fourth-order valence-electron chi connectivity index (χ4n) is 2.77. The molecule has 1 aliphatic rings. The first-order valence-electron chi connectivity index (χ1n) is 7.41. The standard InChI is InChI=1S/C16H21N5O/c1-11-12(10-18-21(11)3)9-17-16(22)19-14-5-4-6-15-13(14)7-8-20(15)2/h4-6,10H,7-9H2,1-3H3,(H2,17,19,22). The lowest BCUT2D eigenvalue weighted by molar-refractivity contribution is 0.251. The molecule has 0 bridgehead atoms. The highest BCUT2D eigenvalue weighted by Crippen LogP contribution is 2.32. The second kappa shape index (κ2) is 5.71. The summed E-state index contributed by atoms with van der Waals surface area (Å²) in [6.45, 7) is 3.45. The van der Waals surface area contributed by atoms with Crippen molar-refractivity contribution in [2.75, 3.05) is 23.8 Å². The SMILES string of the molecule is Cc1c(CNC(=O)Nc2cccc3c2CCN3C)cnn1C. The average Bonchev–Trinajstić information content (AvgIpc) is 3.03. The van der Waals surface area contributed by atoms with Gasteiger partial charge in [0.1, 0.15) is 0 Å². The van der Waals surface area contributed by atoms with Crippen molar-refractivity contribution >= 4 is 17.4 Å². The van der Waals surface area contributed by atoms with E-state index in [1.165, 1.54) is 11.3 Å². The first kappa shape index (κ1) is 14.4. The number of likely N-dealkylation sites (N-methyl/N-ethyl adjacent to an activating group) is 1. The molecule has 0 fully saturated rings.